The molecule has 1 nitrogen and oxygen atoms in total. The van der Waals surface area contributed by atoms with Crippen molar-refractivity contribution in [3.8, 4) is 0 Å². The summed E-state index contributed by atoms with van der Waals surface area (Å²) in [5, 5.41) is 0. The van der Waals surface area contributed by atoms with Crippen molar-refractivity contribution in [1.29, 1.82) is 0 Å². The Hall–Kier alpha value is 0.759. The minimum absolute atomic E-state index is 0. The van der Waals surface area contributed by atoms with E-state index in [2.05, 4.69) is 6.92 Å². The van der Waals surface area contributed by atoms with Crippen LogP contribution >= 0.6 is 24.0 Å². The quantitative estimate of drug-likeness (QED) is 0.333. The first kappa shape index (κ1) is 20.1. The number of unbranched alkanes of at least 4 members (excludes halogenated alkanes) is 9. The van der Waals surface area contributed by atoms with E-state index in [9.17, 15) is 0 Å². The Morgan fingerprint density at radius 3 is 1.71 bits per heavy atom. The summed E-state index contributed by atoms with van der Waals surface area (Å²) in [7, 11) is 0. The standard InChI is InChI=1S/C13H27NS2.Cu/c1-2-3-4-5-6-7-8-9-10-11-12-16-13(14)15;/h2-12H2,1H3,(H2,14,15);. The topological polar surface area (TPSA) is 26.0 Å². The molecule has 0 heterocycles. The molecule has 107 valence electrons. The summed E-state index contributed by atoms with van der Waals surface area (Å²) < 4.78 is 0.593. The van der Waals surface area contributed by atoms with Crippen molar-refractivity contribution in [3.05, 3.63) is 0 Å². The van der Waals surface area contributed by atoms with Gasteiger partial charge in [0.25, 0.3) is 0 Å². The molecule has 0 aromatic heterocycles. The molecule has 0 aromatic rings. The first-order chi connectivity index (χ1) is 7.77. The van der Waals surface area contributed by atoms with Crippen LogP contribution in [0.4, 0.5) is 0 Å². The average Bonchev–Trinajstić information content (AvgIpc) is 2.25. The zero-order chi connectivity index (χ0) is 12.1. The van der Waals surface area contributed by atoms with Crippen molar-refractivity contribution < 1.29 is 17.1 Å². The molecule has 0 bridgehead atoms. The van der Waals surface area contributed by atoms with E-state index in [-0.39, 0.29) is 17.1 Å². The van der Waals surface area contributed by atoms with Crippen LogP contribution in [-0.4, -0.2) is 10.1 Å². The molecule has 0 aliphatic rings. The van der Waals surface area contributed by atoms with E-state index in [4.69, 9.17) is 18.0 Å². The third-order valence-electron chi connectivity index (χ3n) is 2.74. The number of thiocarbonyl (C=S) groups is 1. The fraction of sp³-hybridized carbons (Fsp3) is 0.923. The maximum Gasteiger partial charge on any atom is 0.131 e. The van der Waals surface area contributed by atoms with Crippen LogP contribution in [-0.2, 0) is 17.1 Å². The second kappa shape index (κ2) is 16.8. The fourth-order valence-corrected chi connectivity index (χ4v) is 2.56. The van der Waals surface area contributed by atoms with Crippen molar-refractivity contribution in [2.24, 2.45) is 5.73 Å². The van der Waals surface area contributed by atoms with Gasteiger partial charge in [-0.05, 0) is 6.42 Å². The van der Waals surface area contributed by atoms with Crippen LogP contribution in [0.1, 0.15) is 71.1 Å². The molecule has 4 heteroatoms. The molecule has 0 saturated heterocycles. The molecule has 1 radical (unpaired) electrons. The van der Waals surface area contributed by atoms with Crippen LogP contribution in [0.2, 0.25) is 0 Å². The molecule has 0 aliphatic heterocycles. The summed E-state index contributed by atoms with van der Waals surface area (Å²) in [5.74, 6) is 1.10. The zero-order valence-corrected chi connectivity index (χ0v) is 13.5. The number of hydrogen-bond donors (Lipinski definition) is 1. The third kappa shape index (κ3) is 19.3. The van der Waals surface area contributed by atoms with E-state index in [1.165, 1.54) is 64.2 Å². The van der Waals surface area contributed by atoms with E-state index < -0.39 is 0 Å². The number of rotatable bonds is 11. The molecule has 0 amide bonds. The summed E-state index contributed by atoms with van der Waals surface area (Å²) in [6.07, 6.45) is 13.9. The van der Waals surface area contributed by atoms with Crippen LogP contribution < -0.4 is 5.73 Å². The maximum atomic E-state index is 5.41. The van der Waals surface area contributed by atoms with Gasteiger partial charge in [-0.15, -0.1) is 0 Å². The molecular weight excluding hydrogens is 298 g/mol. The Morgan fingerprint density at radius 1 is 0.882 bits per heavy atom. The molecule has 2 N–H and O–H groups in total. The molecule has 0 fully saturated rings. The predicted molar refractivity (Wildman–Crippen MR) is 81.1 cm³/mol. The summed E-state index contributed by atoms with van der Waals surface area (Å²) in [4.78, 5) is 0. The summed E-state index contributed by atoms with van der Waals surface area (Å²) >= 11 is 6.42. The average molecular weight is 325 g/mol. The second-order valence-electron chi connectivity index (χ2n) is 4.35. The van der Waals surface area contributed by atoms with Crippen molar-refractivity contribution in [3.63, 3.8) is 0 Å². The van der Waals surface area contributed by atoms with E-state index >= 15 is 0 Å². The molecule has 17 heavy (non-hydrogen) atoms. The Morgan fingerprint density at radius 2 is 1.29 bits per heavy atom. The summed E-state index contributed by atoms with van der Waals surface area (Å²) in [6, 6.07) is 0. The van der Waals surface area contributed by atoms with Gasteiger partial charge in [-0.25, -0.2) is 0 Å². The van der Waals surface area contributed by atoms with Crippen LogP contribution in [0.15, 0.2) is 0 Å². The monoisotopic (exact) mass is 324 g/mol. The first-order valence-electron chi connectivity index (χ1n) is 6.69. The van der Waals surface area contributed by atoms with Gasteiger partial charge in [0.05, 0.1) is 0 Å². The molecule has 0 unspecified atom stereocenters. The first-order valence-corrected chi connectivity index (χ1v) is 8.09. The van der Waals surface area contributed by atoms with E-state index in [0.29, 0.717) is 4.32 Å². The van der Waals surface area contributed by atoms with Gasteiger partial charge in [-0.1, -0.05) is 88.7 Å². The normalized spacial score (nSPS) is 9.94. The number of hydrogen-bond acceptors (Lipinski definition) is 2. The van der Waals surface area contributed by atoms with Gasteiger partial charge in [-0.2, -0.15) is 0 Å². The largest absolute Gasteiger partial charge is 0.385 e. The van der Waals surface area contributed by atoms with Gasteiger partial charge in [0.1, 0.15) is 4.32 Å². The van der Waals surface area contributed by atoms with Gasteiger partial charge in [-0.3, -0.25) is 0 Å². The molecule has 0 aromatic carbocycles. The SMILES string of the molecule is CCCCCCCCCCCCSC(N)=S.[Cu]. The smallest absolute Gasteiger partial charge is 0.131 e. The number of thioether (sulfide) groups is 1. The molecular formula is C13H27CuNS2. The van der Waals surface area contributed by atoms with Crippen LogP contribution in [0.3, 0.4) is 0 Å². The van der Waals surface area contributed by atoms with Crippen LogP contribution in [0.25, 0.3) is 0 Å². The van der Waals surface area contributed by atoms with Crippen molar-refractivity contribution in [2.75, 3.05) is 5.75 Å². The fourth-order valence-electron chi connectivity index (χ4n) is 1.76. The van der Waals surface area contributed by atoms with E-state index in [1.54, 1.807) is 11.8 Å². The van der Waals surface area contributed by atoms with Gasteiger partial charge >= 0.3 is 0 Å². The minimum Gasteiger partial charge on any atom is -0.385 e. The Balaban J connectivity index is 0. The zero-order valence-electron chi connectivity index (χ0n) is 11.0. The summed E-state index contributed by atoms with van der Waals surface area (Å²) in [6.45, 7) is 2.27. The van der Waals surface area contributed by atoms with Gasteiger partial charge in [0, 0.05) is 22.8 Å². The van der Waals surface area contributed by atoms with Gasteiger partial charge in [0.2, 0.25) is 0 Å². The van der Waals surface area contributed by atoms with Crippen molar-refractivity contribution in [1.82, 2.24) is 0 Å². The molecule has 0 aliphatic carbocycles. The van der Waals surface area contributed by atoms with Crippen LogP contribution in [0.5, 0.6) is 0 Å². The van der Waals surface area contributed by atoms with Crippen LogP contribution in [0, 0.1) is 0 Å². The van der Waals surface area contributed by atoms with E-state index in [1.807, 2.05) is 0 Å². The Kier molecular flexibility index (Phi) is 19.8. The third-order valence-corrected chi connectivity index (χ3v) is 3.87. The predicted octanol–water partition coefficient (Wildman–Crippen LogP) is 4.88. The Labute approximate surface area is 128 Å². The second-order valence-corrected chi connectivity index (χ2v) is 6.18. The van der Waals surface area contributed by atoms with Gasteiger partial charge in [0.15, 0.2) is 0 Å². The van der Waals surface area contributed by atoms with E-state index in [0.717, 1.165) is 5.75 Å². The molecule has 0 atom stereocenters. The number of nitrogens with two attached hydrogens (primary N) is 1. The van der Waals surface area contributed by atoms with Crippen molar-refractivity contribution >= 4 is 28.3 Å². The molecule has 0 saturated carbocycles. The Bertz CT molecular complexity index is 165. The van der Waals surface area contributed by atoms with Gasteiger partial charge < -0.3 is 5.73 Å². The molecule has 0 spiro atoms. The molecule has 0 rings (SSSR count). The summed E-state index contributed by atoms with van der Waals surface area (Å²) in [5.41, 5.74) is 5.41. The van der Waals surface area contributed by atoms with Crippen molar-refractivity contribution in [2.45, 2.75) is 71.1 Å². The minimum atomic E-state index is 0. The maximum absolute atomic E-state index is 5.41.